The van der Waals surface area contributed by atoms with E-state index in [4.69, 9.17) is 0 Å². The Morgan fingerprint density at radius 3 is 3.00 bits per heavy atom. The Balaban J connectivity index is 1.82. The van der Waals surface area contributed by atoms with E-state index < -0.39 is 0 Å². The first-order valence-electron chi connectivity index (χ1n) is 6.07. The zero-order valence-corrected chi connectivity index (χ0v) is 9.91. The molecule has 0 amide bonds. The van der Waals surface area contributed by atoms with E-state index in [1.165, 1.54) is 23.5 Å². The molecular weight excluding hydrogens is 229 g/mol. The van der Waals surface area contributed by atoms with Crippen LogP contribution in [-0.4, -0.2) is 11.5 Å². The zero-order chi connectivity index (χ0) is 12.4. The third-order valence-electron chi connectivity index (χ3n) is 3.04. The van der Waals surface area contributed by atoms with Crippen LogP contribution in [0.3, 0.4) is 0 Å². The first-order valence-corrected chi connectivity index (χ1v) is 6.07. The molecule has 0 fully saturated rings. The summed E-state index contributed by atoms with van der Waals surface area (Å²) in [7, 11) is 0. The lowest BCUT2D eigenvalue weighted by Crippen LogP contribution is -2.11. The van der Waals surface area contributed by atoms with Crippen molar-refractivity contribution in [3.8, 4) is 0 Å². The number of rotatable bonds is 2. The van der Waals surface area contributed by atoms with Gasteiger partial charge in [0.05, 0.1) is 6.20 Å². The Labute approximate surface area is 105 Å². The molecule has 1 aromatic carbocycles. The number of fused-ring (bicyclic) bond motifs is 1. The zero-order valence-electron chi connectivity index (χ0n) is 9.91. The number of hydrogen-bond acceptors (Lipinski definition) is 3. The van der Waals surface area contributed by atoms with Crippen molar-refractivity contribution in [2.45, 2.75) is 12.8 Å². The molecule has 92 valence electrons. The van der Waals surface area contributed by atoms with Crippen molar-refractivity contribution < 1.29 is 4.39 Å². The first-order chi connectivity index (χ1) is 8.81. The van der Waals surface area contributed by atoms with Crippen LogP contribution < -0.4 is 10.6 Å². The van der Waals surface area contributed by atoms with Crippen LogP contribution in [0.15, 0.2) is 36.5 Å². The van der Waals surface area contributed by atoms with E-state index in [-0.39, 0.29) is 5.82 Å². The highest BCUT2D eigenvalue weighted by atomic mass is 19.1. The van der Waals surface area contributed by atoms with Crippen molar-refractivity contribution in [1.29, 1.82) is 0 Å². The molecule has 0 unspecified atom stereocenters. The molecule has 4 heteroatoms. The Bertz CT molecular complexity index is 551. The second kappa shape index (κ2) is 4.64. The molecule has 3 nitrogen and oxygen atoms in total. The standard InChI is InChI=1S/C14H14FN3/c15-11-3-6-14(17-9-11)18-12-4-5-13-10(8-12)2-1-7-16-13/h3-6,8-9,16H,1-2,7H2,(H,17,18). The van der Waals surface area contributed by atoms with Crippen molar-refractivity contribution >= 4 is 17.2 Å². The first kappa shape index (κ1) is 11.0. The van der Waals surface area contributed by atoms with Crippen molar-refractivity contribution in [2.24, 2.45) is 0 Å². The molecule has 2 heterocycles. The van der Waals surface area contributed by atoms with Crippen molar-refractivity contribution in [3.63, 3.8) is 0 Å². The maximum absolute atomic E-state index is 12.8. The molecule has 3 rings (SSSR count). The summed E-state index contributed by atoms with van der Waals surface area (Å²) in [6.07, 6.45) is 3.46. The van der Waals surface area contributed by atoms with Crippen LogP contribution in [0.5, 0.6) is 0 Å². The second-order valence-corrected chi connectivity index (χ2v) is 4.39. The predicted octanol–water partition coefficient (Wildman–Crippen LogP) is 3.32. The molecule has 18 heavy (non-hydrogen) atoms. The fourth-order valence-electron chi connectivity index (χ4n) is 2.15. The average Bonchev–Trinajstić information content (AvgIpc) is 2.41. The lowest BCUT2D eigenvalue weighted by Gasteiger charge is -2.18. The quantitative estimate of drug-likeness (QED) is 0.849. The van der Waals surface area contributed by atoms with E-state index in [1.54, 1.807) is 6.07 Å². The molecule has 0 aliphatic carbocycles. The fraction of sp³-hybridized carbons (Fsp3) is 0.214. The topological polar surface area (TPSA) is 37.0 Å². The number of benzene rings is 1. The molecule has 0 saturated heterocycles. The highest BCUT2D eigenvalue weighted by molar-refractivity contribution is 5.64. The van der Waals surface area contributed by atoms with Gasteiger partial charge in [0.25, 0.3) is 0 Å². The van der Waals surface area contributed by atoms with Gasteiger partial charge in [0.2, 0.25) is 0 Å². The monoisotopic (exact) mass is 243 g/mol. The van der Waals surface area contributed by atoms with Gasteiger partial charge in [-0.05, 0) is 48.7 Å². The number of aryl methyl sites for hydroxylation is 1. The van der Waals surface area contributed by atoms with Gasteiger partial charge in [-0.15, -0.1) is 0 Å². The van der Waals surface area contributed by atoms with E-state index >= 15 is 0 Å². The second-order valence-electron chi connectivity index (χ2n) is 4.39. The SMILES string of the molecule is Fc1ccc(Nc2ccc3c(c2)CCCN3)nc1. The molecular formula is C14H14FN3. The van der Waals surface area contributed by atoms with Crippen molar-refractivity contribution in [2.75, 3.05) is 17.2 Å². The summed E-state index contributed by atoms with van der Waals surface area (Å²) in [5.74, 6) is 0.329. The largest absolute Gasteiger partial charge is 0.385 e. The normalized spacial score (nSPS) is 13.6. The summed E-state index contributed by atoms with van der Waals surface area (Å²) < 4.78 is 12.8. The molecule has 1 aliphatic heterocycles. The number of anilines is 3. The molecule has 1 aromatic heterocycles. The van der Waals surface area contributed by atoms with Gasteiger partial charge in [-0.1, -0.05) is 0 Å². The highest BCUT2D eigenvalue weighted by Gasteiger charge is 2.08. The fourth-order valence-corrected chi connectivity index (χ4v) is 2.15. The highest BCUT2D eigenvalue weighted by Crippen LogP contribution is 2.26. The van der Waals surface area contributed by atoms with Crippen LogP contribution >= 0.6 is 0 Å². The minimum atomic E-state index is -0.324. The van der Waals surface area contributed by atoms with Crippen LogP contribution in [0, 0.1) is 5.82 Å². The van der Waals surface area contributed by atoms with Crippen LogP contribution in [0.1, 0.15) is 12.0 Å². The summed E-state index contributed by atoms with van der Waals surface area (Å²) in [5, 5.41) is 6.54. The summed E-state index contributed by atoms with van der Waals surface area (Å²) >= 11 is 0. The number of nitrogens with zero attached hydrogens (tertiary/aromatic N) is 1. The molecule has 0 bridgehead atoms. The van der Waals surface area contributed by atoms with Crippen molar-refractivity contribution in [3.05, 3.63) is 47.9 Å². The molecule has 1 aliphatic rings. The third kappa shape index (κ3) is 2.27. The lowest BCUT2D eigenvalue weighted by molar-refractivity contribution is 0.622. The number of aromatic nitrogens is 1. The van der Waals surface area contributed by atoms with Gasteiger partial charge in [0.15, 0.2) is 0 Å². The number of hydrogen-bond donors (Lipinski definition) is 2. The average molecular weight is 243 g/mol. The Morgan fingerprint density at radius 2 is 2.17 bits per heavy atom. The van der Waals surface area contributed by atoms with Crippen LogP contribution in [0.25, 0.3) is 0 Å². The van der Waals surface area contributed by atoms with Gasteiger partial charge >= 0.3 is 0 Å². The van der Waals surface area contributed by atoms with Crippen LogP contribution in [0.4, 0.5) is 21.6 Å². The van der Waals surface area contributed by atoms with Crippen LogP contribution in [0.2, 0.25) is 0 Å². The summed E-state index contributed by atoms with van der Waals surface area (Å²) in [5.41, 5.74) is 3.50. The van der Waals surface area contributed by atoms with E-state index in [9.17, 15) is 4.39 Å². The Hall–Kier alpha value is -2.10. The third-order valence-corrected chi connectivity index (χ3v) is 3.04. The predicted molar refractivity (Wildman–Crippen MR) is 70.7 cm³/mol. The summed E-state index contributed by atoms with van der Waals surface area (Å²) in [6.45, 7) is 1.04. The van der Waals surface area contributed by atoms with Gasteiger partial charge < -0.3 is 10.6 Å². The van der Waals surface area contributed by atoms with Gasteiger partial charge in [0, 0.05) is 17.9 Å². The number of pyridine rings is 1. The smallest absolute Gasteiger partial charge is 0.141 e. The van der Waals surface area contributed by atoms with E-state index in [0.29, 0.717) is 5.82 Å². The van der Waals surface area contributed by atoms with Gasteiger partial charge in [-0.2, -0.15) is 0 Å². The number of halogens is 1. The molecule has 0 saturated carbocycles. The molecule has 0 atom stereocenters. The van der Waals surface area contributed by atoms with Gasteiger partial charge in [-0.3, -0.25) is 0 Å². The minimum Gasteiger partial charge on any atom is -0.385 e. The lowest BCUT2D eigenvalue weighted by atomic mass is 10.0. The van der Waals surface area contributed by atoms with E-state index in [2.05, 4.69) is 27.8 Å². The molecule has 2 aromatic rings. The molecule has 0 spiro atoms. The van der Waals surface area contributed by atoms with Crippen molar-refractivity contribution in [1.82, 2.24) is 4.98 Å². The maximum Gasteiger partial charge on any atom is 0.141 e. The van der Waals surface area contributed by atoms with E-state index in [0.717, 1.165) is 25.1 Å². The number of nitrogens with one attached hydrogen (secondary N) is 2. The minimum absolute atomic E-state index is 0.324. The summed E-state index contributed by atoms with van der Waals surface area (Å²) in [6, 6.07) is 9.22. The van der Waals surface area contributed by atoms with E-state index in [1.807, 2.05) is 6.07 Å². The Morgan fingerprint density at radius 1 is 1.22 bits per heavy atom. The summed E-state index contributed by atoms with van der Waals surface area (Å²) in [4.78, 5) is 3.98. The molecule has 0 radical (unpaired) electrons. The van der Waals surface area contributed by atoms with Gasteiger partial charge in [-0.25, -0.2) is 9.37 Å². The maximum atomic E-state index is 12.8. The molecule has 2 N–H and O–H groups in total. The van der Waals surface area contributed by atoms with Crippen LogP contribution in [-0.2, 0) is 6.42 Å². The van der Waals surface area contributed by atoms with Gasteiger partial charge in [0.1, 0.15) is 11.6 Å². The Kier molecular flexibility index (Phi) is 2.84.